The Morgan fingerprint density at radius 1 is 1.31 bits per heavy atom. The first-order valence-electron chi connectivity index (χ1n) is 6.21. The second-order valence-corrected chi connectivity index (χ2v) is 5.04. The Bertz CT molecular complexity index is 286. The van der Waals surface area contributed by atoms with Gasteiger partial charge in [0.1, 0.15) is 0 Å². The topological polar surface area (TPSA) is 28.2 Å². The lowest BCUT2D eigenvalue weighted by atomic mass is 10.4. The van der Waals surface area contributed by atoms with E-state index in [-0.39, 0.29) is 0 Å². The number of thiazole rings is 1. The minimum absolute atomic E-state index is 1.01. The van der Waals surface area contributed by atoms with Gasteiger partial charge in [-0.2, -0.15) is 0 Å². The lowest BCUT2D eigenvalue weighted by Gasteiger charge is -2.17. The number of hydrogen-bond acceptors (Lipinski definition) is 4. The number of hydrogen-bond donors (Lipinski definition) is 1. The van der Waals surface area contributed by atoms with Crippen LogP contribution in [-0.4, -0.2) is 29.5 Å². The number of anilines is 1. The summed E-state index contributed by atoms with van der Waals surface area (Å²) in [5.74, 6) is 0. The molecule has 0 unspecified atom stereocenters. The van der Waals surface area contributed by atoms with Gasteiger partial charge >= 0.3 is 0 Å². The van der Waals surface area contributed by atoms with Crippen LogP contribution in [0.2, 0.25) is 0 Å². The SMILES string of the molecule is CCCNc1ncc(CN(CC)CCC)s1. The molecule has 4 heteroatoms. The Balaban J connectivity index is 2.43. The fourth-order valence-electron chi connectivity index (χ4n) is 1.58. The molecule has 0 spiro atoms. The third-order valence-corrected chi connectivity index (χ3v) is 3.39. The molecule has 0 amide bonds. The highest BCUT2D eigenvalue weighted by atomic mass is 32.1. The van der Waals surface area contributed by atoms with Gasteiger partial charge in [0.05, 0.1) is 0 Å². The molecule has 92 valence electrons. The average Bonchev–Trinajstić information content (AvgIpc) is 2.73. The Morgan fingerprint density at radius 3 is 2.75 bits per heavy atom. The van der Waals surface area contributed by atoms with Crippen molar-refractivity contribution >= 4 is 16.5 Å². The van der Waals surface area contributed by atoms with E-state index in [0.717, 1.165) is 31.2 Å². The molecule has 1 N–H and O–H groups in total. The maximum atomic E-state index is 4.38. The summed E-state index contributed by atoms with van der Waals surface area (Å²) in [5, 5.41) is 4.39. The average molecular weight is 241 g/mol. The minimum atomic E-state index is 1.01. The molecule has 1 heterocycles. The molecule has 1 aromatic rings. The van der Waals surface area contributed by atoms with Crippen molar-refractivity contribution in [3.8, 4) is 0 Å². The molecule has 16 heavy (non-hydrogen) atoms. The summed E-state index contributed by atoms with van der Waals surface area (Å²) in [6.45, 7) is 10.9. The van der Waals surface area contributed by atoms with Crippen LogP contribution in [0.5, 0.6) is 0 Å². The van der Waals surface area contributed by atoms with Crippen molar-refractivity contribution in [2.24, 2.45) is 0 Å². The van der Waals surface area contributed by atoms with E-state index < -0.39 is 0 Å². The van der Waals surface area contributed by atoms with Crippen molar-refractivity contribution in [1.29, 1.82) is 0 Å². The highest BCUT2D eigenvalue weighted by Gasteiger charge is 2.06. The van der Waals surface area contributed by atoms with Crippen LogP contribution in [0.3, 0.4) is 0 Å². The monoisotopic (exact) mass is 241 g/mol. The van der Waals surface area contributed by atoms with Gasteiger partial charge in [-0.1, -0.05) is 20.8 Å². The van der Waals surface area contributed by atoms with Crippen molar-refractivity contribution in [2.45, 2.75) is 40.2 Å². The smallest absolute Gasteiger partial charge is 0.182 e. The molecule has 0 saturated heterocycles. The molecule has 0 bridgehead atoms. The molecular formula is C12H23N3S. The maximum Gasteiger partial charge on any atom is 0.182 e. The maximum absolute atomic E-state index is 4.38. The zero-order valence-electron chi connectivity index (χ0n) is 10.6. The fourth-order valence-corrected chi connectivity index (χ4v) is 2.46. The number of aromatic nitrogens is 1. The summed E-state index contributed by atoms with van der Waals surface area (Å²) in [4.78, 5) is 8.19. The lowest BCUT2D eigenvalue weighted by molar-refractivity contribution is 0.283. The second kappa shape index (κ2) is 7.63. The quantitative estimate of drug-likeness (QED) is 0.757. The van der Waals surface area contributed by atoms with Crippen LogP contribution in [0.15, 0.2) is 6.20 Å². The van der Waals surface area contributed by atoms with Crippen LogP contribution in [0.4, 0.5) is 5.13 Å². The molecule has 0 aliphatic heterocycles. The summed E-state index contributed by atoms with van der Waals surface area (Å²) < 4.78 is 0. The summed E-state index contributed by atoms with van der Waals surface area (Å²) in [7, 11) is 0. The fraction of sp³-hybridized carbons (Fsp3) is 0.750. The van der Waals surface area contributed by atoms with Crippen LogP contribution in [0, 0.1) is 0 Å². The van der Waals surface area contributed by atoms with E-state index in [9.17, 15) is 0 Å². The molecule has 1 rings (SSSR count). The predicted molar refractivity (Wildman–Crippen MR) is 72.1 cm³/mol. The second-order valence-electron chi connectivity index (χ2n) is 3.93. The van der Waals surface area contributed by atoms with Gasteiger partial charge in [0, 0.05) is 24.2 Å². The van der Waals surface area contributed by atoms with Gasteiger partial charge in [0.2, 0.25) is 0 Å². The zero-order chi connectivity index (χ0) is 11.8. The molecule has 3 nitrogen and oxygen atoms in total. The largest absolute Gasteiger partial charge is 0.362 e. The van der Waals surface area contributed by atoms with E-state index in [1.807, 2.05) is 6.20 Å². The van der Waals surface area contributed by atoms with Crippen LogP contribution in [0.25, 0.3) is 0 Å². The Hall–Kier alpha value is -0.610. The normalized spacial score (nSPS) is 11.0. The van der Waals surface area contributed by atoms with Gasteiger partial charge in [0.15, 0.2) is 5.13 Å². The van der Waals surface area contributed by atoms with Crippen molar-refractivity contribution in [3.63, 3.8) is 0 Å². The third-order valence-electron chi connectivity index (χ3n) is 2.45. The summed E-state index contributed by atoms with van der Waals surface area (Å²) >= 11 is 1.78. The molecule has 0 fully saturated rings. The molecule has 0 aromatic carbocycles. The van der Waals surface area contributed by atoms with E-state index in [0.29, 0.717) is 0 Å². The highest BCUT2D eigenvalue weighted by molar-refractivity contribution is 7.15. The van der Waals surface area contributed by atoms with Crippen molar-refractivity contribution < 1.29 is 0 Å². The number of rotatable bonds is 8. The standard InChI is InChI=1S/C12H23N3S/c1-4-7-13-12-14-9-11(16-12)10-15(6-3)8-5-2/h9H,4-8,10H2,1-3H3,(H,13,14). The Labute approximate surface area is 103 Å². The first-order chi connectivity index (χ1) is 7.80. The van der Waals surface area contributed by atoms with Gasteiger partial charge in [-0.15, -0.1) is 11.3 Å². The van der Waals surface area contributed by atoms with Crippen molar-refractivity contribution in [3.05, 3.63) is 11.1 Å². The first-order valence-corrected chi connectivity index (χ1v) is 7.02. The van der Waals surface area contributed by atoms with Crippen LogP contribution >= 0.6 is 11.3 Å². The number of nitrogens with zero attached hydrogens (tertiary/aromatic N) is 2. The molecule has 0 radical (unpaired) electrons. The highest BCUT2D eigenvalue weighted by Crippen LogP contribution is 2.19. The zero-order valence-corrected chi connectivity index (χ0v) is 11.4. The van der Waals surface area contributed by atoms with Crippen LogP contribution in [-0.2, 0) is 6.54 Å². The van der Waals surface area contributed by atoms with Gasteiger partial charge in [-0.25, -0.2) is 4.98 Å². The van der Waals surface area contributed by atoms with E-state index in [2.05, 4.69) is 36.0 Å². The van der Waals surface area contributed by atoms with E-state index in [1.54, 1.807) is 11.3 Å². The Kier molecular flexibility index (Phi) is 6.42. The Morgan fingerprint density at radius 2 is 2.12 bits per heavy atom. The molecule has 0 aliphatic rings. The first kappa shape index (κ1) is 13.5. The molecule has 0 saturated carbocycles. The van der Waals surface area contributed by atoms with E-state index >= 15 is 0 Å². The van der Waals surface area contributed by atoms with E-state index in [4.69, 9.17) is 0 Å². The van der Waals surface area contributed by atoms with Crippen molar-refractivity contribution in [1.82, 2.24) is 9.88 Å². The van der Waals surface area contributed by atoms with Gasteiger partial charge in [-0.3, -0.25) is 4.90 Å². The third kappa shape index (κ3) is 4.49. The molecular weight excluding hydrogens is 218 g/mol. The molecule has 0 atom stereocenters. The van der Waals surface area contributed by atoms with Gasteiger partial charge in [0.25, 0.3) is 0 Å². The van der Waals surface area contributed by atoms with Gasteiger partial charge in [-0.05, 0) is 25.9 Å². The summed E-state index contributed by atoms with van der Waals surface area (Å²) in [6.07, 6.45) is 4.36. The molecule has 1 aromatic heterocycles. The van der Waals surface area contributed by atoms with Crippen LogP contribution in [0.1, 0.15) is 38.5 Å². The van der Waals surface area contributed by atoms with E-state index in [1.165, 1.54) is 17.8 Å². The van der Waals surface area contributed by atoms with Crippen LogP contribution < -0.4 is 5.32 Å². The summed E-state index contributed by atoms with van der Waals surface area (Å²) in [6, 6.07) is 0. The minimum Gasteiger partial charge on any atom is -0.362 e. The van der Waals surface area contributed by atoms with Gasteiger partial charge < -0.3 is 5.32 Å². The van der Waals surface area contributed by atoms with Crippen molar-refractivity contribution in [2.75, 3.05) is 25.0 Å². The summed E-state index contributed by atoms with van der Waals surface area (Å²) in [5.41, 5.74) is 0. The predicted octanol–water partition coefficient (Wildman–Crippen LogP) is 3.20. The lowest BCUT2D eigenvalue weighted by Crippen LogP contribution is -2.22. The molecule has 0 aliphatic carbocycles. The number of nitrogens with one attached hydrogen (secondary N) is 1.